The molecular weight excluding hydrogens is 330 g/mol. The molecule has 1 fully saturated rings. The molecular formula is C20H23N3O3. The molecule has 6 nitrogen and oxygen atoms in total. The van der Waals surface area contributed by atoms with Gasteiger partial charge in [-0.15, -0.1) is 0 Å². The smallest absolute Gasteiger partial charge is 0.251 e. The molecule has 2 amide bonds. The average molecular weight is 353 g/mol. The Balaban J connectivity index is 1.69. The minimum Gasteiger partial charge on any atom is -0.389 e. The third-order valence-electron chi connectivity index (χ3n) is 4.70. The van der Waals surface area contributed by atoms with Crippen molar-refractivity contribution in [2.75, 3.05) is 19.6 Å². The highest BCUT2D eigenvalue weighted by Gasteiger charge is 2.42. The summed E-state index contributed by atoms with van der Waals surface area (Å²) in [6.07, 6.45) is -0.191. The Hall–Kier alpha value is -2.70. The topological polar surface area (TPSA) is 90.5 Å². The summed E-state index contributed by atoms with van der Waals surface area (Å²) in [5.41, 5.74) is 0.498. The number of piperidine rings is 1. The Kier molecular flexibility index (Phi) is 5.65. The zero-order chi connectivity index (χ0) is 18.4. The van der Waals surface area contributed by atoms with Gasteiger partial charge in [-0.05, 0) is 30.7 Å². The summed E-state index contributed by atoms with van der Waals surface area (Å²) in [4.78, 5) is 24.6. The number of carbonyl (C=O) groups is 2. The monoisotopic (exact) mass is 353 g/mol. The van der Waals surface area contributed by atoms with E-state index in [2.05, 4.69) is 16.0 Å². The first-order valence-electron chi connectivity index (χ1n) is 8.70. The molecule has 0 aromatic heterocycles. The number of rotatable bonds is 5. The number of hydrogen-bond acceptors (Lipinski definition) is 4. The van der Waals surface area contributed by atoms with E-state index in [4.69, 9.17) is 0 Å². The number of aliphatic hydroxyl groups is 1. The van der Waals surface area contributed by atoms with Gasteiger partial charge in [-0.25, -0.2) is 0 Å². The summed E-state index contributed by atoms with van der Waals surface area (Å²) in [5.74, 6) is -0.639. The van der Waals surface area contributed by atoms with Crippen LogP contribution in [0.1, 0.15) is 22.3 Å². The third-order valence-corrected chi connectivity index (χ3v) is 4.70. The molecule has 2 aromatic rings. The van der Waals surface area contributed by atoms with Gasteiger partial charge in [0.15, 0.2) is 0 Å². The Morgan fingerprint density at radius 2 is 1.73 bits per heavy atom. The first-order valence-corrected chi connectivity index (χ1v) is 8.70. The van der Waals surface area contributed by atoms with E-state index in [1.165, 1.54) is 0 Å². The summed E-state index contributed by atoms with van der Waals surface area (Å²) in [6.45, 7) is 0.927. The summed E-state index contributed by atoms with van der Waals surface area (Å²) in [5, 5.41) is 19.3. The maximum Gasteiger partial charge on any atom is 0.251 e. The lowest BCUT2D eigenvalue weighted by Crippen LogP contribution is -2.62. The Bertz CT molecular complexity index is 751. The predicted octanol–water partition coefficient (Wildman–Crippen LogP) is 0.782. The molecule has 0 spiro atoms. The number of nitrogens with one attached hydrogen (secondary N) is 3. The normalized spacial score (nSPS) is 22.4. The number of β-amino-alcohol motifs (C(OH)–C–C–N with tert-alkyl or cyclic N) is 1. The van der Waals surface area contributed by atoms with Crippen molar-refractivity contribution in [3.8, 4) is 0 Å². The summed E-state index contributed by atoms with van der Waals surface area (Å²) in [7, 11) is 0. The van der Waals surface area contributed by atoms with Crippen LogP contribution >= 0.6 is 0 Å². The minimum absolute atomic E-state index is 0.150. The van der Waals surface area contributed by atoms with E-state index in [-0.39, 0.29) is 18.4 Å². The Morgan fingerprint density at radius 1 is 1.08 bits per heavy atom. The van der Waals surface area contributed by atoms with E-state index in [1.54, 1.807) is 24.3 Å². The summed E-state index contributed by atoms with van der Waals surface area (Å²) < 4.78 is 0. The lowest BCUT2D eigenvalue weighted by molar-refractivity contribution is -0.124. The Morgan fingerprint density at radius 3 is 2.38 bits per heavy atom. The molecule has 0 saturated carbocycles. The van der Waals surface area contributed by atoms with Crippen LogP contribution in [-0.2, 0) is 10.3 Å². The Labute approximate surface area is 152 Å². The molecule has 0 bridgehead atoms. The average Bonchev–Trinajstić information content (AvgIpc) is 2.69. The van der Waals surface area contributed by atoms with Crippen molar-refractivity contribution < 1.29 is 14.7 Å². The van der Waals surface area contributed by atoms with Gasteiger partial charge in [0, 0.05) is 12.1 Å². The van der Waals surface area contributed by atoms with Gasteiger partial charge in [0.1, 0.15) is 0 Å². The molecule has 2 atom stereocenters. The molecule has 0 aliphatic carbocycles. The number of aliphatic hydroxyl groups excluding tert-OH is 1. The van der Waals surface area contributed by atoms with Crippen LogP contribution in [0.15, 0.2) is 60.7 Å². The minimum atomic E-state index is -0.860. The van der Waals surface area contributed by atoms with Gasteiger partial charge in [-0.1, -0.05) is 48.5 Å². The molecule has 0 radical (unpaired) electrons. The number of hydrogen-bond donors (Lipinski definition) is 4. The molecule has 0 unspecified atom stereocenters. The molecule has 1 heterocycles. The van der Waals surface area contributed by atoms with Crippen molar-refractivity contribution in [3.63, 3.8) is 0 Å². The molecule has 3 rings (SSSR count). The standard InChI is InChI=1S/C20H23N3O3/c24-17-13-21-12-11-20(17,16-9-5-2-6-10-16)23-18(25)14-22-19(26)15-7-3-1-4-8-15/h1-10,17,21,24H,11-14H2,(H,22,26)(H,23,25)/t17-,20+/m1/s1. The quantitative estimate of drug-likeness (QED) is 0.640. The van der Waals surface area contributed by atoms with Crippen molar-refractivity contribution in [1.82, 2.24) is 16.0 Å². The summed E-state index contributed by atoms with van der Waals surface area (Å²) >= 11 is 0. The third kappa shape index (κ3) is 3.92. The van der Waals surface area contributed by atoms with Crippen LogP contribution in [0.3, 0.4) is 0 Å². The van der Waals surface area contributed by atoms with Crippen LogP contribution < -0.4 is 16.0 Å². The fourth-order valence-electron chi connectivity index (χ4n) is 3.30. The van der Waals surface area contributed by atoms with Crippen LogP contribution in [0.2, 0.25) is 0 Å². The van der Waals surface area contributed by atoms with E-state index in [0.29, 0.717) is 25.1 Å². The fourth-order valence-corrected chi connectivity index (χ4v) is 3.30. The highest BCUT2D eigenvalue weighted by Crippen LogP contribution is 2.30. The predicted molar refractivity (Wildman–Crippen MR) is 98.5 cm³/mol. The van der Waals surface area contributed by atoms with E-state index in [1.807, 2.05) is 36.4 Å². The fraction of sp³-hybridized carbons (Fsp3) is 0.300. The van der Waals surface area contributed by atoms with Crippen LogP contribution in [-0.4, -0.2) is 42.7 Å². The van der Waals surface area contributed by atoms with Gasteiger partial charge < -0.3 is 21.1 Å². The second-order valence-electron chi connectivity index (χ2n) is 6.40. The van der Waals surface area contributed by atoms with Crippen molar-refractivity contribution in [2.45, 2.75) is 18.1 Å². The van der Waals surface area contributed by atoms with Gasteiger partial charge >= 0.3 is 0 Å². The molecule has 26 heavy (non-hydrogen) atoms. The lowest BCUT2D eigenvalue weighted by atomic mass is 9.79. The van der Waals surface area contributed by atoms with Crippen molar-refractivity contribution in [1.29, 1.82) is 0 Å². The second kappa shape index (κ2) is 8.12. The first kappa shape index (κ1) is 18.1. The van der Waals surface area contributed by atoms with Gasteiger partial charge in [0.25, 0.3) is 5.91 Å². The molecule has 4 N–H and O–H groups in total. The largest absolute Gasteiger partial charge is 0.389 e. The van der Waals surface area contributed by atoms with Gasteiger partial charge in [0.05, 0.1) is 18.2 Å². The SMILES string of the molecule is O=C(CNC(=O)c1ccccc1)N[C@]1(c2ccccc2)CCNC[C@H]1O. The molecule has 1 saturated heterocycles. The van der Waals surface area contributed by atoms with E-state index in [0.717, 1.165) is 5.56 Å². The van der Waals surface area contributed by atoms with Crippen LogP contribution in [0.25, 0.3) is 0 Å². The zero-order valence-corrected chi connectivity index (χ0v) is 14.4. The van der Waals surface area contributed by atoms with Crippen LogP contribution in [0.5, 0.6) is 0 Å². The van der Waals surface area contributed by atoms with Crippen LogP contribution in [0.4, 0.5) is 0 Å². The highest BCUT2D eigenvalue weighted by molar-refractivity contribution is 5.96. The number of amides is 2. The maximum absolute atomic E-state index is 12.5. The van der Waals surface area contributed by atoms with Gasteiger partial charge in [-0.3, -0.25) is 9.59 Å². The van der Waals surface area contributed by atoms with Gasteiger partial charge in [0.2, 0.25) is 5.91 Å². The number of carbonyl (C=O) groups excluding carboxylic acids is 2. The first-order chi connectivity index (χ1) is 12.6. The maximum atomic E-state index is 12.5. The van der Waals surface area contributed by atoms with Crippen molar-refractivity contribution in [3.05, 3.63) is 71.8 Å². The molecule has 1 aliphatic rings. The van der Waals surface area contributed by atoms with E-state index >= 15 is 0 Å². The second-order valence-corrected chi connectivity index (χ2v) is 6.40. The molecule has 6 heteroatoms. The lowest BCUT2D eigenvalue weighted by Gasteiger charge is -2.43. The molecule has 136 valence electrons. The van der Waals surface area contributed by atoms with E-state index in [9.17, 15) is 14.7 Å². The highest BCUT2D eigenvalue weighted by atomic mass is 16.3. The molecule has 1 aliphatic heterocycles. The van der Waals surface area contributed by atoms with Crippen molar-refractivity contribution >= 4 is 11.8 Å². The van der Waals surface area contributed by atoms with Crippen molar-refractivity contribution in [2.24, 2.45) is 0 Å². The molecule has 2 aromatic carbocycles. The van der Waals surface area contributed by atoms with Gasteiger partial charge in [-0.2, -0.15) is 0 Å². The zero-order valence-electron chi connectivity index (χ0n) is 14.4. The summed E-state index contributed by atoms with van der Waals surface area (Å²) in [6, 6.07) is 18.2. The van der Waals surface area contributed by atoms with Crippen LogP contribution in [0, 0.1) is 0 Å². The number of benzene rings is 2. The van der Waals surface area contributed by atoms with E-state index < -0.39 is 11.6 Å².